The summed E-state index contributed by atoms with van der Waals surface area (Å²) in [5.74, 6) is 0.510. The zero-order chi connectivity index (χ0) is 22.1. The summed E-state index contributed by atoms with van der Waals surface area (Å²) in [7, 11) is 0. The average molecular weight is 410 g/mol. The fourth-order valence-corrected chi connectivity index (χ4v) is 3.79. The lowest BCUT2D eigenvalue weighted by Gasteiger charge is -2.15. The first-order valence-electron chi connectivity index (χ1n) is 10.6. The van der Waals surface area contributed by atoms with Crippen molar-refractivity contribution in [3.8, 4) is 17.0 Å². The van der Waals surface area contributed by atoms with Crippen LogP contribution in [0.4, 0.5) is 0 Å². The Morgan fingerprint density at radius 2 is 1.58 bits per heavy atom. The van der Waals surface area contributed by atoms with E-state index in [1.165, 1.54) is 5.56 Å². The second-order valence-electron chi connectivity index (χ2n) is 8.48. The molecule has 0 radical (unpaired) electrons. The average Bonchev–Trinajstić information content (AvgIpc) is 2.74. The van der Waals surface area contributed by atoms with E-state index in [4.69, 9.17) is 9.72 Å². The van der Waals surface area contributed by atoms with E-state index in [-0.39, 0.29) is 11.9 Å². The highest BCUT2D eigenvalue weighted by Gasteiger charge is 2.19. The molecule has 3 heteroatoms. The number of ether oxygens (including phenoxy) is 1. The Hall–Kier alpha value is -3.46. The van der Waals surface area contributed by atoms with Crippen molar-refractivity contribution in [3.63, 3.8) is 0 Å². The zero-order valence-electron chi connectivity index (χ0n) is 18.7. The quantitative estimate of drug-likeness (QED) is 0.265. The van der Waals surface area contributed by atoms with Crippen molar-refractivity contribution < 1.29 is 9.53 Å². The summed E-state index contributed by atoms with van der Waals surface area (Å²) in [4.78, 5) is 18.3. The van der Waals surface area contributed by atoms with Crippen molar-refractivity contribution in [1.29, 1.82) is 0 Å². The highest BCUT2D eigenvalue weighted by Crippen LogP contribution is 2.31. The van der Waals surface area contributed by atoms with Gasteiger partial charge in [0.05, 0.1) is 16.8 Å². The number of benzene rings is 3. The number of nitrogens with zero attached hydrogens (tertiary/aromatic N) is 1. The van der Waals surface area contributed by atoms with E-state index in [9.17, 15) is 4.79 Å². The third kappa shape index (κ3) is 4.22. The third-order valence-corrected chi connectivity index (χ3v) is 5.60. The number of fused-ring (bicyclic) bond motifs is 1. The van der Waals surface area contributed by atoms with E-state index in [1.807, 2.05) is 68.4 Å². The molecule has 0 saturated heterocycles. The number of rotatable bonds is 4. The molecular weight excluding hydrogens is 382 g/mol. The summed E-state index contributed by atoms with van der Waals surface area (Å²) in [5.41, 5.74) is 7.38. The Kier molecular flexibility index (Phi) is 5.60. The van der Waals surface area contributed by atoms with Gasteiger partial charge in [0.1, 0.15) is 5.75 Å². The van der Waals surface area contributed by atoms with Gasteiger partial charge >= 0.3 is 5.97 Å². The van der Waals surface area contributed by atoms with Gasteiger partial charge in [0, 0.05) is 10.9 Å². The fraction of sp³-hybridized carbons (Fsp3) is 0.214. The molecule has 156 valence electrons. The maximum atomic E-state index is 13.4. The number of aromatic nitrogens is 1. The molecule has 0 saturated carbocycles. The van der Waals surface area contributed by atoms with Crippen molar-refractivity contribution >= 4 is 16.9 Å². The minimum Gasteiger partial charge on any atom is -0.423 e. The van der Waals surface area contributed by atoms with Gasteiger partial charge in [0.15, 0.2) is 0 Å². The molecule has 0 spiro atoms. The van der Waals surface area contributed by atoms with E-state index in [2.05, 4.69) is 32.9 Å². The third-order valence-electron chi connectivity index (χ3n) is 5.60. The first-order valence-corrected chi connectivity index (χ1v) is 10.6. The van der Waals surface area contributed by atoms with Crippen molar-refractivity contribution in [2.24, 2.45) is 0 Å². The molecule has 3 nitrogen and oxygen atoms in total. The number of hydrogen-bond donors (Lipinski definition) is 0. The lowest BCUT2D eigenvalue weighted by molar-refractivity contribution is 0.0735. The molecule has 0 aliphatic carbocycles. The summed E-state index contributed by atoms with van der Waals surface area (Å²) in [5, 5.41) is 0.805. The lowest BCUT2D eigenvalue weighted by atomic mass is 10.00. The molecule has 0 aliphatic rings. The molecule has 3 aromatic carbocycles. The van der Waals surface area contributed by atoms with Gasteiger partial charge in [0.2, 0.25) is 0 Å². The summed E-state index contributed by atoms with van der Waals surface area (Å²) in [6.45, 7) is 10.3. The molecule has 4 aromatic rings. The van der Waals surface area contributed by atoms with E-state index < -0.39 is 0 Å². The zero-order valence-corrected chi connectivity index (χ0v) is 18.7. The number of esters is 1. The van der Waals surface area contributed by atoms with Crippen LogP contribution in [0.15, 0.2) is 66.7 Å². The van der Waals surface area contributed by atoms with E-state index in [0.717, 1.165) is 38.9 Å². The highest BCUT2D eigenvalue weighted by molar-refractivity contribution is 6.06. The molecular formula is C28H27NO2. The van der Waals surface area contributed by atoms with Gasteiger partial charge in [0.25, 0.3) is 0 Å². The van der Waals surface area contributed by atoms with Gasteiger partial charge in [-0.3, -0.25) is 0 Å². The van der Waals surface area contributed by atoms with E-state index in [1.54, 1.807) is 0 Å². The largest absolute Gasteiger partial charge is 0.423 e. The van der Waals surface area contributed by atoms with E-state index in [0.29, 0.717) is 11.3 Å². The second-order valence-corrected chi connectivity index (χ2v) is 8.48. The number of para-hydroxylation sites is 1. The Bertz CT molecular complexity index is 1270. The molecule has 0 N–H and O–H groups in total. The van der Waals surface area contributed by atoms with Crippen molar-refractivity contribution in [2.75, 3.05) is 0 Å². The molecule has 4 rings (SSSR count). The van der Waals surface area contributed by atoms with Crippen LogP contribution in [0.25, 0.3) is 22.2 Å². The van der Waals surface area contributed by atoms with Gasteiger partial charge in [-0.05, 0) is 55.5 Å². The Balaban J connectivity index is 1.85. The molecule has 0 fully saturated rings. The Labute approximate surface area is 183 Å². The SMILES string of the molecule is Cc1ccc(-c2cc(C(=O)Oc3cc(C)ccc3C(C)C)c3cccc(C)c3n2)cc1. The van der Waals surface area contributed by atoms with Crippen LogP contribution in [0.3, 0.4) is 0 Å². The van der Waals surface area contributed by atoms with E-state index >= 15 is 0 Å². The maximum Gasteiger partial charge on any atom is 0.344 e. The molecule has 0 amide bonds. The van der Waals surface area contributed by atoms with Crippen LogP contribution < -0.4 is 4.74 Å². The normalized spacial score (nSPS) is 11.2. The van der Waals surface area contributed by atoms with Crippen LogP contribution in [0, 0.1) is 20.8 Å². The standard InChI is InChI=1S/C28H27NO2/c1-17(2)22-14-11-19(4)15-26(22)31-28(30)24-16-25(21-12-9-18(3)10-13-21)29-27-20(5)7-6-8-23(24)27/h6-17H,1-5H3. The highest BCUT2D eigenvalue weighted by atomic mass is 16.5. The molecule has 31 heavy (non-hydrogen) atoms. The first-order chi connectivity index (χ1) is 14.8. The minimum atomic E-state index is -0.362. The van der Waals surface area contributed by atoms with Gasteiger partial charge < -0.3 is 4.74 Å². The summed E-state index contributed by atoms with van der Waals surface area (Å²) >= 11 is 0. The van der Waals surface area contributed by atoms with Gasteiger partial charge in [-0.25, -0.2) is 9.78 Å². The molecule has 0 unspecified atom stereocenters. The first kappa shape index (κ1) is 20.8. The number of carbonyl (C=O) groups excluding carboxylic acids is 1. The minimum absolute atomic E-state index is 0.253. The Morgan fingerprint density at radius 3 is 2.29 bits per heavy atom. The molecule has 0 aliphatic heterocycles. The van der Waals surface area contributed by atoms with Crippen LogP contribution in [0.2, 0.25) is 0 Å². The van der Waals surface area contributed by atoms with Crippen LogP contribution in [0.5, 0.6) is 5.75 Å². The monoisotopic (exact) mass is 409 g/mol. The molecule has 1 heterocycles. The summed E-state index contributed by atoms with van der Waals surface area (Å²) < 4.78 is 5.96. The van der Waals surface area contributed by atoms with Crippen molar-refractivity contribution in [2.45, 2.75) is 40.5 Å². The van der Waals surface area contributed by atoms with Crippen molar-refractivity contribution in [1.82, 2.24) is 4.98 Å². The molecule has 0 atom stereocenters. The summed E-state index contributed by atoms with van der Waals surface area (Å²) in [6.07, 6.45) is 0. The second kappa shape index (κ2) is 8.35. The van der Waals surface area contributed by atoms with Gasteiger partial charge in [-0.2, -0.15) is 0 Å². The lowest BCUT2D eigenvalue weighted by Crippen LogP contribution is -2.12. The molecule has 0 bridgehead atoms. The number of carbonyl (C=O) groups is 1. The molecule has 1 aromatic heterocycles. The van der Waals surface area contributed by atoms with Gasteiger partial charge in [-0.1, -0.05) is 74.0 Å². The van der Waals surface area contributed by atoms with Crippen LogP contribution >= 0.6 is 0 Å². The smallest absolute Gasteiger partial charge is 0.344 e. The van der Waals surface area contributed by atoms with Crippen LogP contribution in [0.1, 0.15) is 52.4 Å². The van der Waals surface area contributed by atoms with Gasteiger partial charge in [-0.15, -0.1) is 0 Å². The predicted octanol–water partition coefficient (Wildman–Crippen LogP) is 7.17. The van der Waals surface area contributed by atoms with Crippen LogP contribution in [-0.4, -0.2) is 11.0 Å². The topological polar surface area (TPSA) is 39.2 Å². The van der Waals surface area contributed by atoms with Crippen molar-refractivity contribution in [3.05, 3.63) is 94.5 Å². The van der Waals surface area contributed by atoms with Crippen LogP contribution in [-0.2, 0) is 0 Å². The fourth-order valence-electron chi connectivity index (χ4n) is 3.79. The summed E-state index contributed by atoms with van der Waals surface area (Å²) in [6, 6.07) is 21.9. The number of pyridine rings is 1. The predicted molar refractivity (Wildman–Crippen MR) is 127 cm³/mol. The Morgan fingerprint density at radius 1 is 0.871 bits per heavy atom. The number of aryl methyl sites for hydroxylation is 3. The maximum absolute atomic E-state index is 13.4. The number of hydrogen-bond acceptors (Lipinski definition) is 3.